The first-order valence-corrected chi connectivity index (χ1v) is 11.3. The van der Waals surface area contributed by atoms with Crippen LogP contribution in [-0.4, -0.2) is 90.0 Å². The lowest BCUT2D eigenvalue weighted by atomic mass is 9.98. The maximum atomic E-state index is 12.7. The maximum Gasteiger partial charge on any atom is 0.291 e. The van der Waals surface area contributed by atoms with E-state index in [2.05, 4.69) is 14.8 Å². The number of carbonyl (C=O) groups excluding carboxylic acids is 2. The molecule has 3 aliphatic rings. The third-order valence-electron chi connectivity index (χ3n) is 6.74. The summed E-state index contributed by atoms with van der Waals surface area (Å²) in [4.78, 5) is 35.7. The topological polar surface area (TPSA) is 79.1 Å². The Morgan fingerprint density at radius 1 is 1.13 bits per heavy atom. The molecule has 1 aromatic heterocycles. The van der Waals surface area contributed by atoms with Crippen LogP contribution >= 0.6 is 0 Å². The fourth-order valence-electron chi connectivity index (χ4n) is 4.74. The van der Waals surface area contributed by atoms with Gasteiger partial charge in [0.25, 0.3) is 5.91 Å². The summed E-state index contributed by atoms with van der Waals surface area (Å²) in [6.07, 6.45) is 7.59. The van der Waals surface area contributed by atoms with Gasteiger partial charge in [-0.15, -0.1) is 0 Å². The Morgan fingerprint density at radius 3 is 2.57 bits per heavy atom. The number of aromatic nitrogens is 1. The molecule has 3 heterocycles. The van der Waals surface area contributed by atoms with Gasteiger partial charge in [-0.25, -0.2) is 4.98 Å². The minimum Gasteiger partial charge on any atom is -0.438 e. The molecule has 30 heavy (non-hydrogen) atoms. The van der Waals surface area contributed by atoms with E-state index in [1.54, 1.807) is 11.8 Å². The first kappa shape index (κ1) is 21.3. The Balaban J connectivity index is 1.41. The molecule has 0 radical (unpaired) electrons. The largest absolute Gasteiger partial charge is 0.438 e. The van der Waals surface area contributed by atoms with E-state index in [-0.39, 0.29) is 11.8 Å². The van der Waals surface area contributed by atoms with Crippen LogP contribution in [0.5, 0.6) is 0 Å². The Labute approximate surface area is 178 Å². The third kappa shape index (κ3) is 4.86. The first-order chi connectivity index (χ1) is 14.5. The number of likely N-dealkylation sites (tertiary alicyclic amines) is 1. The molecule has 2 aliphatic heterocycles. The van der Waals surface area contributed by atoms with Gasteiger partial charge in [-0.05, 0) is 45.4 Å². The van der Waals surface area contributed by atoms with E-state index in [1.807, 2.05) is 7.05 Å². The summed E-state index contributed by atoms with van der Waals surface area (Å²) in [5, 5.41) is 0. The molecule has 0 spiro atoms. The zero-order valence-corrected chi connectivity index (χ0v) is 18.2. The van der Waals surface area contributed by atoms with Crippen molar-refractivity contribution < 1.29 is 18.7 Å². The van der Waals surface area contributed by atoms with Crippen LogP contribution in [0.1, 0.15) is 54.8 Å². The second-order valence-electron chi connectivity index (χ2n) is 8.93. The highest BCUT2D eigenvalue weighted by Crippen LogP contribution is 2.33. The SMILES string of the molecule is Cc1ncoc1C(=O)N(C)CCN(C1CCOCC1)C1CCCN(C(=O)C2CC2)C1. The van der Waals surface area contributed by atoms with Crippen molar-refractivity contribution in [3.8, 4) is 0 Å². The molecule has 4 rings (SSSR count). The molecule has 1 unspecified atom stereocenters. The van der Waals surface area contributed by atoms with Crippen LogP contribution in [0.2, 0.25) is 0 Å². The molecule has 2 saturated heterocycles. The van der Waals surface area contributed by atoms with Crippen molar-refractivity contribution in [2.45, 2.75) is 57.5 Å². The van der Waals surface area contributed by atoms with Gasteiger partial charge in [-0.3, -0.25) is 14.5 Å². The van der Waals surface area contributed by atoms with Gasteiger partial charge in [0.15, 0.2) is 6.39 Å². The minimum absolute atomic E-state index is 0.133. The Hall–Kier alpha value is -1.93. The number of oxazole rings is 1. The number of likely N-dealkylation sites (N-methyl/N-ethyl adjacent to an activating group) is 1. The van der Waals surface area contributed by atoms with Gasteiger partial charge in [0.1, 0.15) is 0 Å². The van der Waals surface area contributed by atoms with Gasteiger partial charge in [0.05, 0.1) is 5.69 Å². The predicted molar refractivity (Wildman–Crippen MR) is 111 cm³/mol. The Morgan fingerprint density at radius 2 is 1.90 bits per heavy atom. The average molecular weight is 419 g/mol. The first-order valence-electron chi connectivity index (χ1n) is 11.3. The van der Waals surface area contributed by atoms with Crippen molar-refractivity contribution in [2.24, 2.45) is 5.92 Å². The number of hydrogen-bond donors (Lipinski definition) is 0. The van der Waals surface area contributed by atoms with Crippen LogP contribution in [0.25, 0.3) is 0 Å². The monoisotopic (exact) mass is 418 g/mol. The highest BCUT2D eigenvalue weighted by Gasteiger charge is 2.38. The minimum atomic E-state index is -0.133. The van der Waals surface area contributed by atoms with E-state index in [0.717, 1.165) is 71.4 Å². The molecule has 8 heteroatoms. The van der Waals surface area contributed by atoms with E-state index in [9.17, 15) is 9.59 Å². The highest BCUT2D eigenvalue weighted by molar-refractivity contribution is 5.92. The molecule has 1 atom stereocenters. The summed E-state index contributed by atoms with van der Waals surface area (Å²) < 4.78 is 10.9. The Bertz CT molecular complexity index is 741. The van der Waals surface area contributed by atoms with Gasteiger partial charge < -0.3 is 19.0 Å². The summed E-state index contributed by atoms with van der Waals surface area (Å²) in [6, 6.07) is 0.787. The van der Waals surface area contributed by atoms with Crippen molar-refractivity contribution in [1.82, 2.24) is 19.7 Å². The second kappa shape index (κ2) is 9.47. The van der Waals surface area contributed by atoms with Crippen LogP contribution in [-0.2, 0) is 9.53 Å². The van der Waals surface area contributed by atoms with Crippen LogP contribution in [0.15, 0.2) is 10.8 Å². The summed E-state index contributed by atoms with van der Waals surface area (Å²) in [5.74, 6) is 0.800. The zero-order valence-electron chi connectivity index (χ0n) is 18.2. The summed E-state index contributed by atoms with van der Waals surface area (Å²) in [5.41, 5.74) is 0.620. The lowest BCUT2D eigenvalue weighted by Crippen LogP contribution is -2.55. The summed E-state index contributed by atoms with van der Waals surface area (Å²) in [7, 11) is 1.82. The molecule has 3 fully saturated rings. The Kier molecular flexibility index (Phi) is 6.73. The lowest BCUT2D eigenvalue weighted by molar-refractivity contribution is -0.135. The number of hydrogen-bond acceptors (Lipinski definition) is 6. The molecule has 0 bridgehead atoms. The quantitative estimate of drug-likeness (QED) is 0.673. The molecule has 1 saturated carbocycles. The standard InChI is InChI=1S/C22H34N4O4/c1-16-20(30-15-23-16)22(28)24(2)10-11-26(18-7-12-29-13-8-18)19-4-3-9-25(14-19)21(27)17-5-6-17/h15,17-19H,3-14H2,1-2H3. The number of carbonyl (C=O) groups is 2. The van der Waals surface area contributed by atoms with E-state index in [4.69, 9.17) is 9.15 Å². The van der Waals surface area contributed by atoms with Crippen molar-refractivity contribution in [2.75, 3.05) is 46.4 Å². The van der Waals surface area contributed by atoms with Crippen molar-refractivity contribution >= 4 is 11.8 Å². The van der Waals surface area contributed by atoms with Gasteiger partial charge in [-0.1, -0.05) is 0 Å². The molecular weight excluding hydrogens is 384 g/mol. The van der Waals surface area contributed by atoms with Crippen LogP contribution in [0.3, 0.4) is 0 Å². The van der Waals surface area contributed by atoms with Crippen LogP contribution in [0.4, 0.5) is 0 Å². The van der Waals surface area contributed by atoms with Gasteiger partial charge in [-0.2, -0.15) is 0 Å². The molecule has 0 N–H and O–H groups in total. The molecule has 1 aliphatic carbocycles. The number of nitrogens with zero attached hydrogens (tertiary/aromatic N) is 4. The van der Waals surface area contributed by atoms with E-state index in [1.165, 1.54) is 6.39 Å². The van der Waals surface area contributed by atoms with Crippen molar-refractivity contribution in [1.29, 1.82) is 0 Å². The molecule has 2 amide bonds. The van der Waals surface area contributed by atoms with E-state index in [0.29, 0.717) is 36.0 Å². The van der Waals surface area contributed by atoms with Gasteiger partial charge >= 0.3 is 0 Å². The fraction of sp³-hybridized carbons (Fsp3) is 0.773. The molecule has 8 nitrogen and oxygen atoms in total. The normalized spacial score (nSPS) is 23.0. The van der Waals surface area contributed by atoms with Crippen molar-refractivity contribution in [3.05, 3.63) is 17.8 Å². The van der Waals surface area contributed by atoms with Crippen LogP contribution in [0, 0.1) is 12.8 Å². The van der Waals surface area contributed by atoms with Crippen molar-refractivity contribution in [3.63, 3.8) is 0 Å². The number of aryl methyl sites for hydroxylation is 1. The zero-order chi connectivity index (χ0) is 21.1. The van der Waals surface area contributed by atoms with Gasteiger partial charge in [0, 0.05) is 64.4 Å². The molecule has 166 valence electrons. The molecule has 1 aromatic rings. The second-order valence-corrected chi connectivity index (χ2v) is 8.93. The number of rotatable bonds is 7. The average Bonchev–Trinajstić information content (AvgIpc) is 3.54. The van der Waals surface area contributed by atoms with E-state index >= 15 is 0 Å². The van der Waals surface area contributed by atoms with Crippen LogP contribution < -0.4 is 0 Å². The summed E-state index contributed by atoms with van der Waals surface area (Å²) in [6.45, 7) is 6.45. The predicted octanol–water partition coefficient (Wildman–Crippen LogP) is 1.94. The fourth-order valence-corrected chi connectivity index (χ4v) is 4.74. The molecule has 0 aromatic carbocycles. The maximum absolute atomic E-state index is 12.7. The number of ether oxygens (including phenoxy) is 1. The number of piperidine rings is 1. The highest BCUT2D eigenvalue weighted by atomic mass is 16.5. The van der Waals surface area contributed by atoms with Gasteiger partial charge in [0.2, 0.25) is 11.7 Å². The smallest absolute Gasteiger partial charge is 0.291 e. The third-order valence-corrected chi connectivity index (χ3v) is 6.74. The summed E-state index contributed by atoms with van der Waals surface area (Å²) >= 11 is 0. The molecular formula is C22H34N4O4. The lowest BCUT2D eigenvalue weighted by Gasteiger charge is -2.44. The van der Waals surface area contributed by atoms with E-state index < -0.39 is 0 Å². The number of amides is 2.